The number of likely N-dealkylation sites (N-methyl/N-ethyl adjacent to an activating group) is 1. The molecule has 5 rings (SSSR count). The van der Waals surface area contributed by atoms with Crippen molar-refractivity contribution in [3.8, 4) is 17.2 Å². The summed E-state index contributed by atoms with van der Waals surface area (Å²) in [6, 6.07) is 19.7. The number of nitriles is 1. The second-order valence-electron chi connectivity index (χ2n) is 10.9. The van der Waals surface area contributed by atoms with E-state index in [0.29, 0.717) is 11.8 Å². The van der Waals surface area contributed by atoms with Crippen molar-refractivity contribution < 1.29 is 4.79 Å². The van der Waals surface area contributed by atoms with Gasteiger partial charge in [-0.05, 0) is 66.8 Å². The molecular formula is C29H39N5O. The Bertz CT molecular complexity index is 1020. The summed E-state index contributed by atoms with van der Waals surface area (Å²) >= 11 is 0. The third-order valence-corrected chi connectivity index (χ3v) is 8.05. The van der Waals surface area contributed by atoms with Crippen molar-refractivity contribution in [1.82, 2.24) is 9.80 Å². The van der Waals surface area contributed by atoms with Gasteiger partial charge in [0.05, 0.1) is 11.6 Å². The van der Waals surface area contributed by atoms with E-state index in [2.05, 4.69) is 71.4 Å². The quantitative estimate of drug-likeness (QED) is 0.667. The van der Waals surface area contributed by atoms with Gasteiger partial charge in [0, 0.05) is 39.1 Å². The summed E-state index contributed by atoms with van der Waals surface area (Å²) in [4.78, 5) is 15.7. The van der Waals surface area contributed by atoms with Crippen molar-refractivity contribution in [3.63, 3.8) is 0 Å². The topological polar surface area (TPSA) is 99.4 Å². The SMILES string of the molecule is CN1CCN(Cc2ccc(-c3ccc(CCC#N)cc3)cc2)CC1.NC(=O)C1(N)CC2(CCC2)C1. The van der Waals surface area contributed by atoms with Gasteiger partial charge in [-0.1, -0.05) is 55.0 Å². The standard InChI is InChI=1S/C21H25N3.C8H14N2O/c1-23-13-15-24(16-14-23)17-19-6-10-21(11-7-19)20-8-4-18(5-9-20)3-2-12-22;9-6(11)8(10)4-7(5-8)2-1-3-7/h4-11H,2-3,13-17H2,1H3;1-5,10H2,(H2,9,11). The molecule has 0 unspecified atom stereocenters. The minimum Gasteiger partial charge on any atom is -0.368 e. The van der Waals surface area contributed by atoms with Crippen LogP contribution in [0.4, 0.5) is 0 Å². The normalized spacial score (nSPS) is 20.6. The van der Waals surface area contributed by atoms with Gasteiger partial charge in [-0.2, -0.15) is 5.26 Å². The summed E-state index contributed by atoms with van der Waals surface area (Å²) in [5.74, 6) is -0.324. The van der Waals surface area contributed by atoms with E-state index in [1.165, 1.54) is 41.5 Å². The number of nitrogens with zero attached hydrogens (tertiary/aromatic N) is 3. The lowest BCUT2D eigenvalue weighted by Gasteiger charge is -2.58. The highest BCUT2D eigenvalue weighted by Gasteiger charge is 2.57. The lowest BCUT2D eigenvalue weighted by molar-refractivity contribution is -0.137. The van der Waals surface area contributed by atoms with Gasteiger partial charge in [0.2, 0.25) is 5.91 Å². The highest BCUT2D eigenvalue weighted by atomic mass is 16.1. The molecule has 1 amide bonds. The fourth-order valence-corrected chi connectivity index (χ4v) is 5.62. The van der Waals surface area contributed by atoms with Crippen LogP contribution in [0.1, 0.15) is 49.7 Å². The van der Waals surface area contributed by atoms with Crippen LogP contribution in [0.5, 0.6) is 0 Å². The Morgan fingerprint density at radius 1 is 0.943 bits per heavy atom. The molecule has 1 heterocycles. The van der Waals surface area contributed by atoms with E-state index in [0.717, 1.165) is 52.0 Å². The van der Waals surface area contributed by atoms with Gasteiger partial charge in [-0.3, -0.25) is 9.69 Å². The maximum atomic E-state index is 10.8. The molecule has 2 aliphatic carbocycles. The largest absolute Gasteiger partial charge is 0.368 e. The number of aryl methyl sites for hydroxylation is 1. The number of hydrogen-bond donors (Lipinski definition) is 2. The molecule has 3 aliphatic rings. The first-order valence-electron chi connectivity index (χ1n) is 12.9. The molecule has 6 nitrogen and oxygen atoms in total. The molecule has 4 N–H and O–H groups in total. The van der Waals surface area contributed by atoms with Gasteiger partial charge in [0.25, 0.3) is 0 Å². The predicted octanol–water partition coefficient (Wildman–Crippen LogP) is 3.69. The van der Waals surface area contributed by atoms with Crippen molar-refractivity contribution in [2.24, 2.45) is 16.9 Å². The van der Waals surface area contributed by atoms with Crippen molar-refractivity contribution in [1.29, 1.82) is 5.26 Å². The monoisotopic (exact) mass is 473 g/mol. The Morgan fingerprint density at radius 3 is 1.94 bits per heavy atom. The number of hydrogen-bond acceptors (Lipinski definition) is 5. The van der Waals surface area contributed by atoms with Crippen LogP contribution in [-0.2, 0) is 17.8 Å². The van der Waals surface area contributed by atoms with E-state index in [-0.39, 0.29) is 5.91 Å². The first kappa shape index (κ1) is 25.4. The third-order valence-electron chi connectivity index (χ3n) is 8.05. The molecule has 1 saturated heterocycles. The number of carbonyl (C=O) groups is 1. The Kier molecular flexibility index (Phi) is 7.91. The molecule has 3 fully saturated rings. The van der Waals surface area contributed by atoms with E-state index in [9.17, 15) is 4.79 Å². The number of benzene rings is 2. The summed E-state index contributed by atoms with van der Waals surface area (Å²) < 4.78 is 0. The van der Waals surface area contributed by atoms with E-state index >= 15 is 0 Å². The smallest absolute Gasteiger partial charge is 0.237 e. The van der Waals surface area contributed by atoms with Crippen molar-refractivity contribution in [3.05, 3.63) is 59.7 Å². The summed E-state index contributed by atoms with van der Waals surface area (Å²) in [6.07, 6.45) is 6.87. The second kappa shape index (κ2) is 10.9. The minimum absolute atomic E-state index is 0.324. The number of amides is 1. The second-order valence-corrected chi connectivity index (χ2v) is 10.9. The Hall–Kier alpha value is -2.72. The van der Waals surface area contributed by atoms with Gasteiger partial charge in [0.15, 0.2) is 0 Å². The zero-order chi connectivity index (χ0) is 24.9. The van der Waals surface area contributed by atoms with E-state index in [1.54, 1.807) is 0 Å². The molecule has 35 heavy (non-hydrogen) atoms. The number of primary amides is 1. The molecule has 0 radical (unpaired) electrons. The van der Waals surface area contributed by atoms with Crippen molar-refractivity contribution >= 4 is 5.91 Å². The van der Waals surface area contributed by atoms with Gasteiger partial charge >= 0.3 is 0 Å². The Balaban J connectivity index is 0.000000218. The molecule has 0 aromatic heterocycles. The molecule has 1 spiro atoms. The van der Waals surface area contributed by atoms with E-state index < -0.39 is 5.54 Å². The molecule has 2 aromatic rings. The summed E-state index contributed by atoms with van der Waals surface area (Å²) in [6.45, 7) is 5.68. The summed E-state index contributed by atoms with van der Waals surface area (Å²) in [5.41, 5.74) is 15.8. The summed E-state index contributed by atoms with van der Waals surface area (Å²) in [7, 11) is 2.19. The van der Waals surface area contributed by atoms with Crippen LogP contribution < -0.4 is 11.5 Å². The predicted molar refractivity (Wildman–Crippen MR) is 140 cm³/mol. The fourth-order valence-electron chi connectivity index (χ4n) is 5.62. The lowest BCUT2D eigenvalue weighted by atomic mass is 9.48. The molecular weight excluding hydrogens is 434 g/mol. The third kappa shape index (κ3) is 6.29. The summed E-state index contributed by atoms with van der Waals surface area (Å²) in [5, 5.41) is 8.66. The molecule has 2 aromatic carbocycles. The van der Waals surface area contributed by atoms with Gasteiger partial charge in [-0.15, -0.1) is 0 Å². The van der Waals surface area contributed by atoms with Crippen LogP contribution in [0.3, 0.4) is 0 Å². The minimum atomic E-state index is -0.652. The van der Waals surface area contributed by atoms with Gasteiger partial charge in [-0.25, -0.2) is 0 Å². The van der Waals surface area contributed by atoms with E-state index in [4.69, 9.17) is 16.7 Å². The maximum absolute atomic E-state index is 10.8. The first-order valence-corrected chi connectivity index (χ1v) is 12.9. The van der Waals surface area contributed by atoms with Crippen molar-refractivity contribution in [2.45, 2.75) is 57.0 Å². The first-order chi connectivity index (χ1) is 16.8. The molecule has 6 heteroatoms. The Morgan fingerprint density at radius 2 is 1.49 bits per heavy atom. The van der Waals surface area contributed by atoms with Crippen LogP contribution in [0, 0.1) is 16.7 Å². The molecule has 0 bridgehead atoms. The molecule has 0 atom stereocenters. The zero-order valence-electron chi connectivity index (χ0n) is 21.0. The van der Waals surface area contributed by atoms with Crippen molar-refractivity contribution in [2.75, 3.05) is 33.2 Å². The average Bonchev–Trinajstić information content (AvgIpc) is 2.82. The number of piperazine rings is 1. The molecule has 186 valence electrons. The van der Waals surface area contributed by atoms with Crippen LogP contribution >= 0.6 is 0 Å². The molecule has 2 saturated carbocycles. The maximum Gasteiger partial charge on any atom is 0.237 e. The molecule has 1 aliphatic heterocycles. The highest BCUT2D eigenvalue weighted by molar-refractivity contribution is 5.86. The number of rotatable bonds is 6. The average molecular weight is 474 g/mol. The zero-order valence-corrected chi connectivity index (χ0v) is 21.0. The van der Waals surface area contributed by atoms with Crippen LogP contribution in [0.15, 0.2) is 48.5 Å². The van der Waals surface area contributed by atoms with Crippen LogP contribution in [0.2, 0.25) is 0 Å². The van der Waals surface area contributed by atoms with E-state index in [1.807, 2.05) is 0 Å². The highest BCUT2D eigenvalue weighted by Crippen LogP contribution is 2.59. The fraction of sp³-hybridized carbons (Fsp3) is 0.517. The van der Waals surface area contributed by atoms with Gasteiger partial charge < -0.3 is 16.4 Å². The van der Waals surface area contributed by atoms with Gasteiger partial charge in [0.1, 0.15) is 0 Å². The van der Waals surface area contributed by atoms with Crippen LogP contribution in [0.25, 0.3) is 11.1 Å². The Labute approximate surface area is 209 Å². The van der Waals surface area contributed by atoms with Crippen LogP contribution in [-0.4, -0.2) is 54.5 Å². The number of carbonyl (C=O) groups excluding carboxylic acids is 1. The lowest BCUT2D eigenvalue weighted by Crippen LogP contribution is -2.66. The number of nitrogens with two attached hydrogens (primary N) is 2.